The Morgan fingerprint density at radius 2 is 1.69 bits per heavy atom. The van der Waals surface area contributed by atoms with E-state index in [-0.39, 0.29) is 0 Å². The first kappa shape index (κ1) is 10.8. The lowest BCUT2D eigenvalue weighted by atomic mass is 10.2. The van der Waals surface area contributed by atoms with Crippen LogP contribution in [0, 0.1) is 6.92 Å². The van der Waals surface area contributed by atoms with Gasteiger partial charge < -0.3 is 10.5 Å². The summed E-state index contributed by atoms with van der Waals surface area (Å²) in [5, 5.41) is 0.691. The Balaban J connectivity index is 2.23. The summed E-state index contributed by atoms with van der Waals surface area (Å²) in [5.41, 5.74) is 7.51. The van der Waals surface area contributed by atoms with E-state index in [1.807, 2.05) is 31.2 Å². The van der Waals surface area contributed by atoms with Crippen LogP contribution in [0.3, 0.4) is 0 Å². The molecular weight excluding hydrogens is 222 g/mol. The number of halogens is 1. The largest absolute Gasteiger partial charge is 0.457 e. The average Bonchev–Trinajstić information content (AvgIpc) is 2.20. The van der Waals surface area contributed by atoms with Crippen LogP contribution in [0.25, 0.3) is 0 Å². The molecule has 82 valence electrons. The number of ether oxygens (including phenoxy) is 1. The summed E-state index contributed by atoms with van der Waals surface area (Å²) >= 11 is 5.79. The molecule has 0 amide bonds. The maximum Gasteiger partial charge on any atom is 0.129 e. The van der Waals surface area contributed by atoms with Crippen molar-refractivity contribution < 1.29 is 4.74 Å². The Kier molecular flexibility index (Phi) is 3.02. The van der Waals surface area contributed by atoms with Crippen LogP contribution in [-0.4, -0.2) is 0 Å². The fourth-order valence-corrected chi connectivity index (χ4v) is 1.60. The fraction of sp³-hybridized carbons (Fsp3) is 0.0769. The zero-order chi connectivity index (χ0) is 11.5. The lowest BCUT2D eigenvalue weighted by Gasteiger charge is -2.07. The van der Waals surface area contributed by atoms with Crippen molar-refractivity contribution in [2.75, 3.05) is 5.73 Å². The average molecular weight is 234 g/mol. The highest BCUT2D eigenvalue weighted by Gasteiger charge is 1.99. The van der Waals surface area contributed by atoms with Gasteiger partial charge in [-0.05, 0) is 48.9 Å². The third kappa shape index (κ3) is 2.67. The SMILES string of the molecule is Cc1cc(N)cc(Oc2ccc(Cl)cc2)c1. The van der Waals surface area contributed by atoms with E-state index in [0.29, 0.717) is 10.7 Å². The number of hydrogen-bond donors (Lipinski definition) is 1. The molecule has 0 spiro atoms. The third-order valence-corrected chi connectivity index (χ3v) is 2.37. The van der Waals surface area contributed by atoms with Crippen LogP contribution < -0.4 is 10.5 Å². The van der Waals surface area contributed by atoms with E-state index >= 15 is 0 Å². The van der Waals surface area contributed by atoms with Gasteiger partial charge in [0, 0.05) is 16.8 Å². The standard InChI is InChI=1S/C13H12ClNO/c1-9-6-11(15)8-13(7-9)16-12-4-2-10(14)3-5-12/h2-8H,15H2,1H3. The van der Waals surface area contributed by atoms with Crippen LogP contribution in [0.15, 0.2) is 42.5 Å². The minimum absolute atomic E-state index is 0.691. The molecule has 16 heavy (non-hydrogen) atoms. The molecule has 2 N–H and O–H groups in total. The van der Waals surface area contributed by atoms with E-state index in [1.54, 1.807) is 18.2 Å². The van der Waals surface area contributed by atoms with Crippen LogP contribution in [0.4, 0.5) is 5.69 Å². The van der Waals surface area contributed by atoms with E-state index in [9.17, 15) is 0 Å². The van der Waals surface area contributed by atoms with Gasteiger partial charge in [-0.25, -0.2) is 0 Å². The summed E-state index contributed by atoms with van der Waals surface area (Å²) in [5.74, 6) is 1.48. The molecule has 0 aromatic heterocycles. The summed E-state index contributed by atoms with van der Waals surface area (Å²) in [6, 6.07) is 12.8. The normalized spacial score (nSPS) is 10.1. The molecule has 0 radical (unpaired) electrons. The second-order valence-electron chi connectivity index (χ2n) is 3.64. The maximum absolute atomic E-state index is 5.79. The Labute approximate surface area is 99.6 Å². The summed E-state index contributed by atoms with van der Waals surface area (Å²) in [6.07, 6.45) is 0. The van der Waals surface area contributed by atoms with Gasteiger partial charge in [-0.15, -0.1) is 0 Å². The summed E-state index contributed by atoms with van der Waals surface area (Å²) in [6.45, 7) is 1.98. The van der Waals surface area contributed by atoms with Gasteiger partial charge in [-0.1, -0.05) is 11.6 Å². The number of aryl methyl sites for hydroxylation is 1. The van der Waals surface area contributed by atoms with Crippen LogP contribution in [0.5, 0.6) is 11.5 Å². The zero-order valence-corrected chi connectivity index (χ0v) is 9.66. The molecule has 0 aliphatic carbocycles. The van der Waals surface area contributed by atoms with Crippen molar-refractivity contribution in [3.63, 3.8) is 0 Å². The Bertz CT molecular complexity index is 474. The Morgan fingerprint density at radius 1 is 1.00 bits per heavy atom. The highest BCUT2D eigenvalue weighted by atomic mass is 35.5. The molecule has 2 aromatic rings. The van der Waals surface area contributed by atoms with Crippen molar-refractivity contribution in [3.8, 4) is 11.5 Å². The van der Waals surface area contributed by atoms with Gasteiger partial charge in [-0.2, -0.15) is 0 Å². The first-order valence-electron chi connectivity index (χ1n) is 4.94. The van der Waals surface area contributed by atoms with E-state index in [2.05, 4.69) is 0 Å². The Morgan fingerprint density at radius 3 is 2.31 bits per heavy atom. The molecule has 2 rings (SSSR count). The lowest BCUT2D eigenvalue weighted by Crippen LogP contribution is -1.89. The second-order valence-corrected chi connectivity index (χ2v) is 4.07. The van der Waals surface area contributed by atoms with Gasteiger partial charge in [0.05, 0.1) is 0 Å². The molecule has 0 unspecified atom stereocenters. The van der Waals surface area contributed by atoms with Gasteiger partial charge in [0.1, 0.15) is 11.5 Å². The van der Waals surface area contributed by atoms with Crippen LogP contribution in [0.1, 0.15) is 5.56 Å². The quantitative estimate of drug-likeness (QED) is 0.795. The third-order valence-electron chi connectivity index (χ3n) is 2.12. The molecule has 0 aliphatic rings. The molecule has 0 saturated carbocycles. The minimum Gasteiger partial charge on any atom is -0.457 e. The number of nitrogen functional groups attached to an aromatic ring is 1. The van der Waals surface area contributed by atoms with Crippen LogP contribution in [0.2, 0.25) is 5.02 Å². The fourth-order valence-electron chi connectivity index (χ4n) is 1.47. The predicted molar refractivity (Wildman–Crippen MR) is 67.1 cm³/mol. The number of anilines is 1. The molecule has 2 aromatic carbocycles. The van der Waals surface area contributed by atoms with Gasteiger partial charge in [0.15, 0.2) is 0 Å². The molecular formula is C13H12ClNO. The molecule has 3 heteroatoms. The monoisotopic (exact) mass is 233 g/mol. The van der Waals surface area contributed by atoms with Gasteiger partial charge in [-0.3, -0.25) is 0 Å². The van der Waals surface area contributed by atoms with E-state index < -0.39 is 0 Å². The van der Waals surface area contributed by atoms with Gasteiger partial charge >= 0.3 is 0 Å². The number of hydrogen-bond acceptors (Lipinski definition) is 2. The lowest BCUT2D eigenvalue weighted by molar-refractivity contribution is 0.482. The highest BCUT2D eigenvalue weighted by molar-refractivity contribution is 6.30. The van der Waals surface area contributed by atoms with Gasteiger partial charge in [0.25, 0.3) is 0 Å². The van der Waals surface area contributed by atoms with Crippen LogP contribution >= 0.6 is 11.6 Å². The van der Waals surface area contributed by atoms with Crippen molar-refractivity contribution >= 4 is 17.3 Å². The number of rotatable bonds is 2. The zero-order valence-electron chi connectivity index (χ0n) is 8.91. The topological polar surface area (TPSA) is 35.2 Å². The molecule has 0 saturated heterocycles. The number of nitrogens with two attached hydrogens (primary N) is 1. The maximum atomic E-state index is 5.79. The second kappa shape index (κ2) is 4.45. The summed E-state index contributed by atoms with van der Waals surface area (Å²) in [7, 11) is 0. The van der Waals surface area contributed by atoms with Crippen molar-refractivity contribution in [3.05, 3.63) is 53.1 Å². The Hall–Kier alpha value is -1.67. The van der Waals surface area contributed by atoms with E-state index in [1.165, 1.54) is 0 Å². The molecule has 0 bridgehead atoms. The minimum atomic E-state index is 0.691. The molecule has 0 fully saturated rings. The molecule has 2 nitrogen and oxygen atoms in total. The van der Waals surface area contributed by atoms with E-state index in [0.717, 1.165) is 17.1 Å². The molecule has 0 atom stereocenters. The van der Waals surface area contributed by atoms with Gasteiger partial charge in [0.2, 0.25) is 0 Å². The number of benzene rings is 2. The van der Waals surface area contributed by atoms with Crippen molar-refractivity contribution in [1.82, 2.24) is 0 Å². The molecule has 0 aliphatic heterocycles. The van der Waals surface area contributed by atoms with Crippen molar-refractivity contribution in [2.24, 2.45) is 0 Å². The van der Waals surface area contributed by atoms with E-state index in [4.69, 9.17) is 22.1 Å². The highest BCUT2D eigenvalue weighted by Crippen LogP contribution is 2.25. The summed E-state index contributed by atoms with van der Waals surface area (Å²) in [4.78, 5) is 0. The predicted octanol–water partition coefficient (Wildman–Crippen LogP) is 4.02. The first-order valence-corrected chi connectivity index (χ1v) is 5.32. The first-order chi connectivity index (χ1) is 7.63. The smallest absolute Gasteiger partial charge is 0.129 e. The van der Waals surface area contributed by atoms with Crippen LogP contribution in [-0.2, 0) is 0 Å². The van der Waals surface area contributed by atoms with Crippen molar-refractivity contribution in [1.29, 1.82) is 0 Å². The molecule has 0 heterocycles. The van der Waals surface area contributed by atoms with Crippen molar-refractivity contribution in [2.45, 2.75) is 6.92 Å². The summed E-state index contributed by atoms with van der Waals surface area (Å²) < 4.78 is 5.66.